The van der Waals surface area contributed by atoms with Crippen molar-refractivity contribution in [2.45, 2.75) is 38.9 Å². The number of alkyl halides is 3. The molecule has 1 aromatic carbocycles. The first-order valence-corrected chi connectivity index (χ1v) is 8.38. The molecule has 1 heterocycles. The highest BCUT2D eigenvalue weighted by molar-refractivity contribution is 6.31. The zero-order valence-electron chi connectivity index (χ0n) is 13.9. The molecule has 3 rings (SSSR count). The lowest BCUT2D eigenvalue weighted by Gasteiger charge is -2.12. The molecule has 1 N–H and O–H groups in total. The highest BCUT2D eigenvalue weighted by Gasteiger charge is 2.33. The van der Waals surface area contributed by atoms with E-state index >= 15 is 0 Å². The molecule has 1 aliphatic rings. The van der Waals surface area contributed by atoms with Crippen molar-refractivity contribution in [1.82, 2.24) is 4.57 Å². The fourth-order valence-electron chi connectivity index (χ4n) is 3.08. The zero-order valence-corrected chi connectivity index (χ0v) is 14.6. The molecule has 1 aromatic heterocycles. The van der Waals surface area contributed by atoms with Crippen molar-refractivity contribution in [3.8, 4) is 0 Å². The summed E-state index contributed by atoms with van der Waals surface area (Å²) in [7, 11) is 0. The first kappa shape index (κ1) is 17.9. The fourth-order valence-corrected chi connectivity index (χ4v) is 3.31. The molecule has 0 atom stereocenters. The lowest BCUT2D eigenvalue weighted by atomic mass is 10.1. The van der Waals surface area contributed by atoms with E-state index in [-0.39, 0.29) is 23.0 Å². The Kier molecular flexibility index (Phi) is 4.58. The third kappa shape index (κ3) is 3.68. The largest absolute Gasteiger partial charge is 0.417 e. The van der Waals surface area contributed by atoms with E-state index in [9.17, 15) is 18.0 Å². The molecular formula is C18H18ClF3N2O. The number of halogens is 4. The van der Waals surface area contributed by atoms with Gasteiger partial charge in [-0.25, -0.2) is 0 Å². The number of benzene rings is 1. The minimum atomic E-state index is -4.53. The summed E-state index contributed by atoms with van der Waals surface area (Å²) in [5, 5.41) is 2.40. The van der Waals surface area contributed by atoms with Crippen LogP contribution in [0.3, 0.4) is 0 Å². The molecule has 0 bridgehead atoms. The number of rotatable bonds is 5. The van der Waals surface area contributed by atoms with Crippen LogP contribution in [0.2, 0.25) is 5.02 Å². The van der Waals surface area contributed by atoms with Crippen molar-refractivity contribution in [3.63, 3.8) is 0 Å². The molecule has 1 saturated carbocycles. The number of nitrogens with zero attached hydrogens (tertiary/aromatic N) is 1. The van der Waals surface area contributed by atoms with E-state index in [1.165, 1.54) is 12.1 Å². The van der Waals surface area contributed by atoms with Crippen molar-refractivity contribution in [2.75, 3.05) is 11.9 Å². The molecule has 134 valence electrons. The van der Waals surface area contributed by atoms with Crippen LogP contribution in [0.5, 0.6) is 0 Å². The van der Waals surface area contributed by atoms with Gasteiger partial charge in [-0.2, -0.15) is 13.2 Å². The van der Waals surface area contributed by atoms with Crippen LogP contribution >= 0.6 is 11.6 Å². The molecule has 1 fully saturated rings. The SMILES string of the molecule is Cc1cc(C(=O)CNc2ccc(Cl)c(C(F)(F)F)c2)c(C)n1C1CC1. The number of aryl methyl sites for hydroxylation is 1. The molecule has 1 aliphatic carbocycles. The Morgan fingerprint density at radius 2 is 1.96 bits per heavy atom. The molecule has 0 saturated heterocycles. The summed E-state index contributed by atoms with van der Waals surface area (Å²) >= 11 is 5.60. The van der Waals surface area contributed by atoms with Crippen LogP contribution in [-0.2, 0) is 6.18 Å². The van der Waals surface area contributed by atoms with Crippen molar-refractivity contribution in [2.24, 2.45) is 0 Å². The van der Waals surface area contributed by atoms with Crippen molar-refractivity contribution < 1.29 is 18.0 Å². The number of anilines is 1. The highest BCUT2D eigenvalue weighted by atomic mass is 35.5. The van der Waals surface area contributed by atoms with E-state index in [1.807, 2.05) is 19.9 Å². The maximum Gasteiger partial charge on any atom is 0.417 e. The smallest absolute Gasteiger partial charge is 0.378 e. The Hall–Kier alpha value is -1.95. The van der Waals surface area contributed by atoms with Crippen LogP contribution in [0.25, 0.3) is 0 Å². The van der Waals surface area contributed by atoms with Crippen LogP contribution in [0.15, 0.2) is 24.3 Å². The summed E-state index contributed by atoms with van der Waals surface area (Å²) in [6.07, 6.45) is -2.30. The third-order valence-electron chi connectivity index (χ3n) is 4.42. The first-order valence-electron chi connectivity index (χ1n) is 8.00. The van der Waals surface area contributed by atoms with Crippen LogP contribution in [0, 0.1) is 13.8 Å². The summed E-state index contributed by atoms with van der Waals surface area (Å²) in [6, 6.07) is 5.85. The van der Waals surface area contributed by atoms with E-state index in [0.29, 0.717) is 11.6 Å². The van der Waals surface area contributed by atoms with E-state index < -0.39 is 11.7 Å². The van der Waals surface area contributed by atoms with Crippen molar-refractivity contribution >= 4 is 23.1 Å². The molecular weight excluding hydrogens is 353 g/mol. The van der Waals surface area contributed by atoms with Gasteiger partial charge in [0.2, 0.25) is 0 Å². The van der Waals surface area contributed by atoms with Crippen LogP contribution in [0.1, 0.15) is 46.2 Å². The Morgan fingerprint density at radius 3 is 2.56 bits per heavy atom. The summed E-state index contributed by atoms with van der Waals surface area (Å²) in [4.78, 5) is 12.5. The monoisotopic (exact) mass is 370 g/mol. The topological polar surface area (TPSA) is 34.0 Å². The Morgan fingerprint density at radius 1 is 1.28 bits per heavy atom. The summed E-state index contributed by atoms with van der Waals surface area (Å²) in [6.45, 7) is 3.79. The number of hydrogen-bond donors (Lipinski definition) is 1. The van der Waals surface area contributed by atoms with Crippen LogP contribution in [0.4, 0.5) is 18.9 Å². The molecule has 25 heavy (non-hydrogen) atoms. The normalized spacial score (nSPS) is 14.6. The second-order valence-corrected chi connectivity index (χ2v) is 6.76. The van der Waals surface area contributed by atoms with Gasteiger partial charge >= 0.3 is 6.18 Å². The minimum absolute atomic E-state index is 0.0755. The molecule has 0 spiro atoms. The van der Waals surface area contributed by atoms with Crippen LogP contribution in [-0.4, -0.2) is 16.9 Å². The summed E-state index contributed by atoms with van der Waals surface area (Å²) < 4.78 is 40.8. The van der Waals surface area contributed by atoms with Gasteiger partial charge in [0.15, 0.2) is 5.78 Å². The van der Waals surface area contributed by atoms with Gasteiger partial charge in [0, 0.05) is 28.7 Å². The number of ketones is 1. The van der Waals surface area contributed by atoms with E-state index in [2.05, 4.69) is 9.88 Å². The van der Waals surface area contributed by atoms with Crippen molar-refractivity contribution in [3.05, 3.63) is 51.8 Å². The Balaban J connectivity index is 1.74. The molecule has 7 heteroatoms. The number of aromatic nitrogens is 1. The Bertz CT molecular complexity index is 822. The first-order chi connectivity index (χ1) is 11.7. The quantitative estimate of drug-likeness (QED) is 0.714. The number of carbonyl (C=O) groups excluding carboxylic acids is 1. The molecule has 0 unspecified atom stereocenters. The van der Waals surface area contributed by atoms with Gasteiger partial charge in [0.05, 0.1) is 17.1 Å². The predicted octanol–water partition coefficient (Wildman–Crippen LogP) is 5.41. The standard InChI is InChI=1S/C18H18ClF3N2O/c1-10-7-14(11(2)24(10)13-4-5-13)17(25)9-23-12-3-6-16(19)15(8-12)18(20,21)22/h3,6-8,13,23H,4-5,9H2,1-2H3. The molecule has 0 radical (unpaired) electrons. The predicted molar refractivity (Wildman–Crippen MR) is 91.5 cm³/mol. The lowest BCUT2D eigenvalue weighted by molar-refractivity contribution is -0.137. The van der Waals surface area contributed by atoms with Crippen molar-refractivity contribution in [1.29, 1.82) is 0 Å². The third-order valence-corrected chi connectivity index (χ3v) is 4.75. The molecule has 2 aromatic rings. The van der Waals surface area contributed by atoms with Gasteiger partial charge in [0.1, 0.15) is 0 Å². The zero-order chi connectivity index (χ0) is 18.4. The number of hydrogen-bond acceptors (Lipinski definition) is 2. The average Bonchev–Trinajstić information content (AvgIpc) is 3.30. The van der Waals surface area contributed by atoms with Gasteiger partial charge in [-0.1, -0.05) is 11.6 Å². The number of Topliss-reactive ketones (excluding diaryl/α,β-unsaturated/α-hetero) is 1. The van der Waals surface area contributed by atoms with E-state index in [0.717, 1.165) is 30.3 Å². The van der Waals surface area contributed by atoms with Crippen LogP contribution < -0.4 is 5.32 Å². The molecule has 0 aliphatic heterocycles. The molecule has 0 amide bonds. The maximum atomic E-state index is 12.9. The lowest BCUT2D eigenvalue weighted by Crippen LogP contribution is -2.15. The van der Waals surface area contributed by atoms with Gasteiger partial charge in [-0.3, -0.25) is 4.79 Å². The summed E-state index contributed by atoms with van der Waals surface area (Å²) in [5.41, 5.74) is 1.86. The van der Waals surface area contributed by atoms with Gasteiger partial charge in [-0.15, -0.1) is 0 Å². The Labute approximate surface area is 148 Å². The maximum absolute atomic E-state index is 12.9. The fraction of sp³-hybridized carbons (Fsp3) is 0.389. The van der Waals surface area contributed by atoms with Gasteiger partial charge in [0.25, 0.3) is 0 Å². The van der Waals surface area contributed by atoms with Gasteiger partial charge < -0.3 is 9.88 Å². The molecule has 3 nitrogen and oxygen atoms in total. The average molecular weight is 371 g/mol. The highest BCUT2D eigenvalue weighted by Crippen LogP contribution is 2.38. The minimum Gasteiger partial charge on any atom is -0.378 e. The number of carbonyl (C=O) groups is 1. The second-order valence-electron chi connectivity index (χ2n) is 6.36. The van der Waals surface area contributed by atoms with Gasteiger partial charge in [-0.05, 0) is 51.0 Å². The van der Waals surface area contributed by atoms with E-state index in [1.54, 1.807) is 0 Å². The second kappa shape index (κ2) is 6.41. The number of nitrogens with one attached hydrogen (secondary N) is 1. The summed E-state index contributed by atoms with van der Waals surface area (Å²) in [5.74, 6) is -0.150. The van der Waals surface area contributed by atoms with E-state index in [4.69, 9.17) is 11.6 Å².